The van der Waals surface area contributed by atoms with E-state index >= 15 is 0 Å². The molecule has 102 valence electrons. The van der Waals surface area contributed by atoms with Crippen LogP contribution in [0, 0.1) is 0 Å². The lowest BCUT2D eigenvalue weighted by Gasteiger charge is -2.03. The summed E-state index contributed by atoms with van der Waals surface area (Å²) in [6.45, 7) is 7.46. The second-order valence-corrected chi connectivity index (χ2v) is 3.60. The molecule has 0 aliphatic rings. The third-order valence-corrected chi connectivity index (χ3v) is 1.70. The van der Waals surface area contributed by atoms with Crippen molar-refractivity contribution in [3.63, 3.8) is 0 Å². The first kappa shape index (κ1) is 19.0. The first-order chi connectivity index (χ1) is 7.78. The smallest absolute Gasteiger partial charge is 0.213 e. The monoisotopic (exact) mass is 354 g/mol. The highest BCUT2D eigenvalue weighted by atomic mass is 127. The van der Waals surface area contributed by atoms with Crippen molar-refractivity contribution in [2.45, 2.75) is 40.0 Å². The number of aryl methyl sites for hydroxylation is 1. The van der Waals surface area contributed by atoms with Gasteiger partial charge in [0.25, 0.3) is 0 Å². The van der Waals surface area contributed by atoms with Crippen molar-refractivity contribution in [3.8, 4) is 5.88 Å². The van der Waals surface area contributed by atoms with Crippen LogP contribution in [0.2, 0.25) is 0 Å². The van der Waals surface area contributed by atoms with Gasteiger partial charge in [-0.2, -0.15) is 0 Å². The molecule has 2 N–H and O–H groups in total. The van der Waals surface area contributed by atoms with Crippen molar-refractivity contribution in [1.29, 1.82) is 0 Å². The fourth-order valence-corrected chi connectivity index (χ4v) is 1.10. The van der Waals surface area contributed by atoms with E-state index in [0.717, 1.165) is 12.8 Å². The van der Waals surface area contributed by atoms with Crippen molar-refractivity contribution in [1.82, 2.24) is 4.98 Å². The molecule has 1 rings (SSSR count). The maximum Gasteiger partial charge on any atom is 0.213 e. The van der Waals surface area contributed by atoms with Crippen LogP contribution in [0.15, 0.2) is 18.3 Å². The lowest BCUT2D eigenvalue weighted by molar-refractivity contribution is 0.315. The Labute approximate surface area is 124 Å². The molecule has 0 aliphatic heterocycles. The second kappa shape index (κ2) is 13.7. The van der Waals surface area contributed by atoms with Gasteiger partial charge in [-0.3, -0.25) is 0 Å². The predicted octanol–water partition coefficient (Wildman–Crippen LogP) is 3.65. The average molecular weight is 354 g/mol. The summed E-state index contributed by atoms with van der Waals surface area (Å²) in [7, 11) is 0. The summed E-state index contributed by atoms with van der Waals surface area (Å²) in [6, 6.07) is 3.93. The summed E-state index contributed by atoms with van der Waals surface area (Å²) >= 11 is 0. The van der Waals surface area contributed by atoms with Gasteiger partial charge in [-0.05, 0) is 12.0 Å². The average Bonchev–Trinajstić information content (AvgIpc) is 2.30. The van der Waals surface area contributed by atoms with Gasteiger partial charge in [0.1, 0.15) is 6.61 Å². The Balaban J connectivity index is -0.000000410. The quantitative estimate of drug-likeness (QED) is 0.821. The van der Waals surface area contributed by atoms with Crippen LogP contribution in [-0.2, 0) is 6.42 Å². The fraction of sp³-hybridized carbons (Fsp3) is 0.615. The molecule has 3 nitrogen and oxygen atoms in total. The molecule has 0 spiro atoms. The molecule has 1 heterocycles. The van der Waals surface area contributed by atoms with E-state index in [1.54, 1.807) is 0 Å². The van der Waals surface area contributed by atoms with Gasteiger partial charge in [0, 0.05) is 20.2 Å². The Morgan fingerprint density at radius 1 is 1.29 bits per heavy atom. The van der Waals surface area contributed by atoms with Crippen LogP contribution in [0.3, 0.4) is 0 Å². The summed E-state index contributed by atoms with van der Waals surface area (Å²) < 4.78 is 5.25. The van der Waals surface area contributed by atoms with Gasteiger partial charge in [0.05, 0.1) is 0 Å². The molecule has 1 aromatic rings. The van der Waals surface area contributed by atoms with E-state index < -0.39 is 0 Å². The van der Waals surface area contributed by atoms with Gasteiger partial charge in [-0.15, -0.1) is 24.0 Å². The number of halogens is 1. The predicted molar refractivity (Wildman–Crippen MR) is 86.3 cm³/mol. The molecular weight excluding hydrogens is 327 g/mol. The molecule has 0 aromatic carbocycles. The zero-order valence-electron chi connectivity index (χ0n) is 11.1. The number of aromatic nitrogens is 1. The van der Waals surface area contributed by atoms with Gasteiger partial charge in [-0.1, -0.05) is 39.7 Å². The Morgan fingerprint density at radius 2 is 1.94 bits per heavy atom. The van der Waals surface area contributed by atoms with Gasteiger partial charge in [0.2, 0.25) is 5.88 Å². The summed E-state index contributed by atoms with van der Waals surface area (Å²) in [6.07, 6.45) is 5.32. The summed E-state index contributed by atoms with van der Waals surface area (Å²) in [5, 5.41) is 0. The highest BCUT2D eigenvalue weighted by Gasteiger charge is 1.95. The molecular formula is C13H27IN2O. The van der Waals surface area contributed by atoms with Gasteiger partial charge >= 0.3 is 0 Å². The van der Waals surface area contributed by atoms with Crippen molar-refractivity contribution < 1.29 is 6.16 Å². The molecule has 1 aromatic heterocycles. The Bertz CT molecular complexity index is 258. The van der Waals surface area contributed by atoms with E-state index in [2.05, 4.69) is 25.8 Å². The standard InChI is InChI=1S/C10H16N2O.C3H8.HI.H2/c1-2-3-9-4-5-10(12-8-9)13-7-6-11;1-3-2;;/h4-5,8H,2-3,6-7,11H2,1H3;3H2,1-2H3;2*1H. The van der Waals surface area contributed by atoms with Crippen molar-refractivity contribution in [3.05, 3.63) is 23.9 Å². The van der Waals surface area contributed by atoms with E-state index in [0.29, 0.717) is 19.0 Å². The molecule has 0 saturated carbocycles. The number of hydrogen-bond donors (Lipinski definition) is 1. The maximum absolute atomic E-state index is 5.30. The molecule has 0 amide bonds. The zero-order chi connectivity index (χ0) is 12.2. The second-order valence-electron chi connectivity index (χ2n) is 3.60. The van der Waals surface area contributed by atoms with Crippen LogP contribution >= 0.6 is 24.0 Å². The van der Waals surface area contributed by atoms with Crippen molar-refractivity contribution in [2.75, 3.05) is 13.2 Å². The lowest BCUT2D eigenvalue weighted by atomic mass is 10.2. The number of nitrogens with zero attached hydrogens (tertiary/aromatic N) is 1. The molecule has 0 atom stereocenters. The third kappa shape index (κ3) is 10.5. The van der Waals surface area contributed by atoms with Gasteiger partial charge in [0.15, 0.2) is 0 Å². The van der Waals surface area contributed by atoms with Crippen LogP contribution in [0.4, 0.5) is 0 Å². The van der Waals surface area contributed by atoms with Crippen LogP contribution < -0.4 is 10.5 Å². The van der Waals surface area contributed by atoms with E-state index in [1.807, 2.05) is 18.3 Å². The minimum Gasteiger partial charge on any atom is -0.476 e. The fourth-order valence-electron chi connectivity index (χ4n) is 1.10. The maximum atomic E-state index is 5.30. The highest BCUT2D eigenvalue weighted by molar-refractivity contribution is 14.0. The molecule has 0 fully saturated rings. The Hall–Kier alpha value is -0.360. The summed E-state index contributed by atoms with van der Waals surface area (Å²) in [4.78, 5) is 4.16. The normalized spacial score (nSPS) is 8.71. The molecule has 17 heavy (non-hydrogen) atoms. The van der Waals surface area contributed by atoms with Crippen LogP contribution in [0.1, 0.15) is 40.6 Å². The molecule has 0 bridgehead atoms. The van der Waals surface area contributed by atoms with Crippen LogP contribution in [-0.4, -0.2) is 18.1 Å². The number of rotatable bonds is 5. The highest BCUT2D eigenvalue weighted by Crippen LogP contribution is 2.08. The Morgan fingerprint density at radius 3 is 2.35 bits per heavy atom. The molecule has 0 saturated heterocycles. The molecule has 0 unspecified atom stereocenters. The third-order valence-electron chi connectivity index (χ3n) is 1.70. The molecule has 0 aliphatic carbocycles. The first-order valence-corrected chi connectivity index (χ1v) is 6.06. The summed E-state index contributed by atoms with van der Waals surface area (Å²) in [5.41, 5.74) is 6.55. The number of pyridine rings is 1. The largest absolute Gasteiger partial charge is 0.476 e. The topological polar surface area (TPSA) is 48.1 Å². The molecule has 0 radical (unpaired) electrons. The summed E-state index contributed by atoms with van der Waals surface area (Å²) in [5.74, 6) is 0.658. The number of nitrogens with two attached hydrogens (primary N) is 1. The molecule has 4 heteroatoms. The Kier molecular flexibility index (Phi) is 15.3. The van der Waals surface area contributed by atoms with E-state index in [-0.39, 0.29) is 25.4 Å². The van der Waals surface area contributed by atoms with Gasteiger partial charge < -0.3 is 10.5 Å². The van der Waals surface area contributed by atoms with E-state index in [9.17, 15) is 0 Å². The number of hydrogen-bond acceptors (Lipinski definition) is 3. The van der Waals surface area contributed by atoms with Crippen LogP contribution in [0.5, 0.6) is 5.88 Å². The minimum atomic E-state index is 0. The minimum absolute atomic E-state index is 0. The van der Waals surface area contributed by atoms with Crippen molar-refractivity contribution >= 4 is 24.0 Å². The van der Waals surface area contributed by atoms with Crippen LogP contribution in [0.25, 0.3) is 0 Å². The van der Waals surface area contributed by atoms with Crippen molar-refractivity contribution in [2.24, 2.45) is 5.73 Å². The first-order valence-electron chi connectivity index (χ1n) is 6.06. The lowest BCUT2D eigenvalue weighted by Crippen LogP contribution is -2.11. The van der Waals surface area contributed by atoms with E-state index in [4.69, 9.17) is 10.5 Å². The number of ether oxygens (including phenoxy) is 1. The van der Waals surface area contributed by atoms with E-state index in [1.165, 1.54) is 12.0 Å². The van der Waals surface area contributed by atoms with Gasteiger partial charge in [-0.25, -0.2) is 4.98 Å². The SMILES string of the molecule is CCC.CCCc1ccc(OCCN)nc1.I.[HH]. The zero-order valence-corrected chi connectivity index (χ0v) is 13.4.